The van der Waals surface area contributed by atoms with E-state index in [9.17, 15) is 22.8 Å². The van der Waals surface area contributed by atoms with Gasteiger partial charge in [-0.05, 0) is 0 Å². The van der Waals surface area contributed by atoms with Gasteiger partial charge in [-0.3, -0.25) is 13.9 Å². The average molecular weight is 299 g/mol. The molecule has 0 radical (unpaired) electrons. The van der Waals surface area contributed by atoms with Gasteiger partial charge in [-0.15, -0.1) is 0 Å². The predicted molar refractivity (Wildman–Crippen MR) is 70.6 cm³/mol. The van der Waals surface area contributed by atoms with Crippen LogP contribution in [0.2, 0.25) is 0 Å². The maximum Gasteiger partial charge on any atom is 0.330 e. The molecule has 0 aliphatic carbocycles. The van der Waals surface area contributed by atoms with E-state index in [0.717, 1.165) is 16.7 Å². The molecule has 5 nitrogen and oxygen atoms in total. The van der Waals surface area contributed by atoms with Crippen molar-refractivity contribution in [3.8, 4) is 0 Å². The van der Waals surface area contributed by atoms with Crippen molar-refractivity contribution >= 4 is 5.69 Å². The number of nitrogens with one attached hydrogen (secondary N) is 1. The van der Waals surface area contributed by atoms with E-state index < -0.39 is 28.7 Å². The van der Waals surface area contributed by atoms with Crippen LogP contribution >= 0.6 is 0 Å². The van der Waals surface area contributed by atoms with Crippen LogP contribution in [0.5, 0.6) is 0 Å². The fourth-order valence-corrected chi connectivity index (χ4v) is 1.80. The molecule has 0 bridgehead atoms. The number of rotatable bonds is 3. The number of nitrogens with zero attached hydrogens (tertiary/aromatic N) is 2. The van der Waals surface area contributed by atoms with E-state index in [-0.39, 0.29) is 12.2 Å². The molecule has 21 heavy (non-hydrogen) atoms. The molecule has 0 saturated carbocycles. The minimum atomic E-state index is -1.55. The van der Waals surface area contributed by atoms with Crippen LogP contribution in [-0.4, -0.2) is 9.13 Å². The second kappa shape index (κ2) is 5.47. The molecular weight excluding hydrogens is 287 g/mol. The lowest BCUT2D eigenvalue weighted by molar-refractivity contribution is 0.447. The third kappa shape index (κ3) is 2.83. The summed E-state index contributed by atoms with van der Waals surface area (Å²) in [5.41, 5.74) is -0.685. The van der Waals surface area contributed by atoms with Crippen LogP contribution in [0.3, 0.4) is 0 Å². The Labute approximate surface area is 117 Å². The van der Waals surface area contributed by atoms with Gasteiger partial charge in [0.15, 0.2) is 17.5 Å². The van der Waals surface area contributed by atoms with E-state index in [1.807, 2.05) is 0 Å². The molecule has 0 aliphatic rings. The van der Waals surface area contributed by atoms with E-state index in [1.54, 1.807) is 0 Å². The van der Waals surface area contributed by atoms with E-state index in [0.29, 0.717) is 5.69 Å². The largest absolute Gasteiger partial charge is 0.379 e. The Morgan fingerprint density at radius 3 is 2.14 bits per heavy atom. The molecule has 1 heterocycles. The number of halogens is 3. The highest BCUT2D eigenvalue weighted by molar-refractivity contribution is 5.44. The maximum atomic E-state index is 13.1. The van der Waals surface area contributed by atoms with E-state index in [1.165, 1.54) is 24.7 Å². The molecule has 8 heteroatoms. The van der Waals surface area contributed by atoms with Crippen molar-refractivity contribution in [2.75, 3.05) is 5.32 Å². The highest BCUT2D eigenvalue weighted by Crippen LogP contribution is 2.17. The first-order chi connectivity index (χ1) is 9.81. The summed E-state index contributed by atoms with van der Waals surface area (Å²) in [7, 11) is 2.80. The Balaban J connectivity index is 2.29. The summed E-state index contributed by atoms with van der Waals surface area (Å²) in [5.74, 6) is -4.20. The summed E-state index contributed by atoms with van der Waals surface area (Å²) in [6.45, 7) is -0.0215. The molecule has 1 aromatic heterocycles. The second-order valence-electron chi connectivity index (χ2n) is 4.48. The molecule has 0 spiro atoms. The molecule has 0 unspecified atom stereocenters. The molecular formula is C13H12F3N3O2. The van der Waals surface area contributed by atoms with Crippen LogP contribution in [0.15, 0.2) is 27.8 Å². The molecule has 2 rings (SSSR count). The zero-order chi connectivity index (χ0) is 15.7. The minimum Gasteiger partial charge on any atom is -0.379 e. The SMILES string of the molecule is Cn1c(CNc2cc(F)c(F)c(F)c2)cc(=O)n(C)c1=O. The first kappa shape index (κ1) is 14.9. The molecule has 0 fully saturated rings. The fraction of sp³-hybridized carbons (Fsp3) is 0.231. The van der Waals surface area contributed by atoms with Crippen LogP contribution in [-0.2, 0) is 20.6 Å². The highest BCUT2D eigenvalue weighted by Gasteiger charge is 2.11. The van der Waals surface area contributed by atoms with Gasteiger partial charge in [0.1, 0.15) is 0 Å². The van der Waals surface area contributed by atoms with Gasteiger partial charge in [-0.2, -0.15) is 0 Å². The van der Waals surface area contributed by atoms with Gasteiger partial charge in [0.05, 0.1) is 6.54 Å². The maximum absolute atomic E-state index is 13.1. The summed E-state index contributed by atoms with van der Waals surface area (Å²) in [6, 6.07) is 2.81. The Morgan fingerprint density at radius 1 is 1.00 bits per heavy atom. The van der Waals surface area contributed by atoms with E-state index in [4.69, 9.17) is 0 Å². The van der Waals surface area contributed by atoms with Gasteiger partial charge in [-0.25, -0.2) is 18.0 Å². The van der Waals surface area contributed by atoms with Gasteiger partial charge in [-0.1, -0.05) is 0 Å². The number of aromatic nitrogens is 2. The smallest absolute Gasteiger partial charge is 0.330 e. The van der Waals surface area contributed by atoms with Gasteiger partial charge in [0.2, 0.25) is 0 Å². The van der Waals surface area contributed by atoms with Crippen LogP contribution in [0.25, 0.3) is 0 Å². The van der Waals surface area contributed by atoms with Crippen molar-refractivity contribution in [3.05, 3.63) is 62.2 Å². The van der Waals surface area contributed by atoms with Crippen LogP contribution < -0.4 is 16.6 Å². The van der Waals surface area contributed by atoms with Crippen molar-refractivity contribution in [1.82, 2.24) is 9.13 Å². The van der Waals surface area contributed by atoms with Crippen molar-refractivity contribution in [1.29, 1.82) is 0 Å². The molecule has 1 N–H and O–H groups in total. The Morgan fingerprint density at radius 2 is 1.57 bits per heavy atom. The summed E-state index contributed by atoms with van der Waals surface area (Å²) in [5, 5.41) is 2.63. The summed E-state index contributed by atoms with van der Waals surface area (Å²) in [6.07, 6.45) is 0. The van der Waals surface area contributed by atoms with Crippen molar-refractivity contribution in [2.24, 2.45) is 14.1 Å². The number of benzene rings is 1. The second-order valence-corrected chi connectivity index (χ2v) is 4.48. The Hall–Kier alpha value is -2.51. The minimum absolute atomic E-state index is 0.000439. The summed E-state index contributed by atoms with van der Waals surface area (Å²) < 4.78 is 41.1. The monoisotopic (exact) mass is 299 g/mol. The van der Waals surface area contributed by atoms with Crippen LogP contribution in [0.4, 0.5) is 18.9 Å². The molecule has 2 aromatic rings. The molecule has 0 atom stereocenters. The zero-order valence-corrected chi connectivity index (χ0v) is 11.3. The van der Waals surface area contributed by atoms with Gasteiger partial charge in [0, 0.05) is 43.7 Å². The normalized spacial score (nSPS) is 10.7. The molecule has 0 saturated heterocycles. The lowest BCUT2D eigenvalue weighted by Gasteiger charge is -2.11. The van der Waals surface area contributed by atoms with Crippen LogP contribution in [0.1, 0.15) is 5.69 Å². The quantitative estimate of drug-likeness (QED) is 0.864. The number of anilines is 1. The van der Waals surface area contributed by atoms with Gasteiger partial charge in [0.25, 0.3) is 5.56 Å². The molecule has 1 aromatic carbocycles. The molecule has 0 amide bonds. The highest BCUT2D eigenvalue weighted by atomic mass is 19.2. The Kier molecular flexibility index (Phi) is 3.88. The first-order valence-electron chi connectivity index (χ1n) is 5.95. The standard InChI is InChI=1S/C13H12F3N3O2/c1-18-8(5-11(20)19(2)13(18)21)6-17-7-3-9(14)12(16)10(15)4-7/h3-5,17H,6H2,1-2H3. The zero-order valence-electron chi connectivity index (χ0n) is 11.3. The van der Waals surface area contributed by atoms with Crippen LogP contribution in [0, 0.1) is 17.5 Å². The average Bonchev–Trinajstić information content (AvgIpc) is 2.44. The Bertz CT molecular complexity index is 788. The van der Waals surface area contributed by atoms with Gasteiger partial charge < -0.3 is 5.32 Å². The lowest BCUT2D eigenvalue weighted by atomic mass is 10.2. The molecule has 0 aliphatic heterocycles. The van der Waals surface area contributed by atoms with E-state index >= 15 is 0 Å². The third-order valence-corrected chi connectivity index (χ3v) is 3.08. The predicted octanol–water partition coefficient (Wildman–Crippen LogP) is 1.11. The number of hydrogen-bond acceptors (Lipinski definition) is 3. The number of hydrogen-bond donors (Lipinski definition) is 1. The van der Waals surface area contributed by atoms with Crippen molar-refractivity contribution in [2.45, 2.75) is 6.54 Å². The lowest BCUT2D eigenvalue weighted by Crippen LogP contribution is -2.38. The summed E-state index contributed by atoms with van der Waals surface area (Å²) in [4.78, 5) is 23.2. The third-order valence-electron chi connectivity index (χ3n) is 3.08. The summed E-state index contributed by atoms with van der Waals surface area (Å²) >= 11 is 0. The topological polar surface area (TPSA) is 56.0 Å². The van der Waals surface area contributed by atoms with Crippen molar-refractivity contribution in [3.63, 3.8) is 0 Å². The van der Waals surface area contributed by atoms with E-state index in [2.05, 4.69) is 5.32 Å². The van der Waals surface area contributed by atoms with Crippen molar-refractivity contribution < 1.29 is 13.2 Å². The molecule has 112 valence electrons. The fourth-order valence-electron chi connectivity index (χ4n) is 1.80. The van der Waals surface area contributed by atoms with Gasteiger partial charge >= 0.3 is 5.69 Å². The first-order valence-corrected chi connectivity index (χ1v) is 5.95.